The molecule has 6 nitrogen and oxygen atoms in total. The van der Waals surface area contributed by atoms with E-state index in [2.05, 4.69) is 20.5 Å². The molecule has 0 aliphatic heterocycles. The Labute approximate surface area is 115 Å². The van der Waals surface area contributed by atoms with E-state index in [9.17, 15) is 0 Å². The van der Waals surface area contributed by atoms with Gasteiger partial charge in [-0.3, -0.25) is 0 Å². The van der Waals surface area contributed by atoms with Crippen LogP contribution in [-0.4, -0.2) is 30.3 Å². The highest BCUT2D eigenvalue weighted by Crippen LogP contribution is 2.33. The van der Waals surface area contributed by atoms with E-state index in [0.717, 1.165) is 28.6 Å². The third-order valence-electron chi connectivity index (χ3n) is 3.31. The van der Waals surface area contributed by atoms with Crippen LogP contribution in [0.25, 0.3) is 0 Å². The van der Waals surface area contributed by atoms with Crippen molar-refractivity contribution in [1.29, 1.82) is 0 Å². The Morgan fingerprint density at radius 2 is 2.16 bits per heavy atom. The molecule has 19 heavy (non-hydrogen) atoms. The van der Waals surface area contributed by atoms with Gasteiger partial charge in [-0.05, 0) is 46.7 Å². The molecule has 1 fully saturated rings. The smallest absolute Gasteiger partial charge is 0.215 e. The Kier molecular flexibility index (Phi) is 3.74. The quantitative estimate of drug-likeness (QED) is 0.918. The molecule has 0 radical (unpaired) electrons. The zero-order valence-corrected chi connectivity index (χ0v) is 11.3. The van der Waals surface area contributed by atoms with Gasteiger partial charge in [0.15, 0.2) is 0 Å². The topological polar surface area (TPSA) is 76.7 Å². The average Bonchev–Trinajstić information content (AvgIpc) is 3.10. The molecule has 1 aliphatic rings. The minimum absolute atomic E-state index is 0.0117. The van der Waals surface area contributed by atoms with Crippen molar-refractivity contribution in [2.45, 2.75) is 48.5 Å². The Morgan fingerprint density at radius 3 is 2.84 bits per heavy atom. The zero-order chi connectivity index (χ0) is 13.1. The van der Waals surface area contributed by atoms with Gasteiger partial charge in [-0.2, -0.15) is 0 Å². The number of aliphatic hydroxyl groups excluding tert-OH is 1. The Morgan fingerprint density at radius 1 is 1.32 bits per heavy atom. The zero-order valence-electron chi connectivity index (χ0n) is 10.4. The van der Waals surface area contributed by atoms with E-state index in [-0.39, 0.29) is 6.61 Å². The minimum atomic E-state index is 0.0117. The second kappa shape index (κ2) is 5.66. The molecule has 2 aromatic rings. The molecule has 2 heterocycles. The van der Waals surface area contributed by atoms with Crippen molar-refractivity contribution < 1.29 is 5.11 Å². The van der Waals surface area contributed by atoms with E-state index in [0.29, 0.717) is 6.04 Å². The molecular formula is C12H15N5OS. The first-order chi connectivity index (χ1) is 9.36. The van der Waals surface area contributed by atoms with Gasteiger partial charge >= 0.3 is 0 Å². The lowest BCUT2D eigenvalue weighted by atomic mass is 10.3. The largest absolute Gasteiger partial charge is 0.392 e. The maximum Gasteiger partial charge on any atom is 0.215 e. The Bertz CT molecular complexity index is 535. The first-order valence-corrected chi connectivity index (χ1v) is 7.20. The normalized spacial score (nSPS) is 16.1. The molecule has 100 valence electrons. The summed E-state index contributed by atoms with van der Waals surface area (Å²) in [5.41, 5.74) is 0.805. The van der Waals surface area contributed by atoms with Crippen LogP contribution in [-0.2, 0) is 6.61 Å². The number of tetrazole rings is 1. The van der Waals surface area contributed by atoms with Crippen LogP contribution in [0.15, 0.2) is 28.5 Å². The average molecular weight is 277 g/mol. The van der Waals surface area contributed by atoms with Gasteiger partial charge in [0.1, 0.15) is 5.03 Å². The number of aliphatic hydroxyl groups is 1. The molecule has 0 amide bonds. The molecular weight excluding hydrogens is 262 g/mol. The molecule has 1 saturated carbocycles. The van der Waals surface area contributed by atoms with Gasteiger partial charge in [-0.25, -0.2) is 9.67 Å². The van der Waals surface area contributed by atoms with Crippen LogP contribution in [0.4, 0.5) is 0 Å². The summed E-state index contributed by atoms with van der Waals surface area (Å²) in [4.78, 5) is 4.29. The van der Waals surface area contributed by atoms with Crippen molar-refractivity contribution in [2.24, 2.45) is 0 Å². The van der Waals surface area contributed by atoms with Gasteiger partial charge in [-0.1, -0.05) is 18.9 Å². The van der Waals surface area contributed by atoms with Crippen LogP contribution in [0.3, 0.4) is 0 Å². The number of rotatable bonds is 4. The van der Waals surface area contributed by atoms with E-state index < -0.39 is 0 Å². The SMILES string of the molecule is OCc1ccc(Sc2nnnn2C2CCCC2)nc1. The van der Waals surface area contributed by atoms with E-state index in [1.54, 1.807) is 6.20 Å². The van der Waals surface area contributed by atoms with Gasteiger partial charge in [0.05, 0.1) is 12.6 Å². The molecule has 1 N–H and O–H groups in total. The van der Waals surface area contributed by atoms with Gasteiger partial charge in [0.2, 0.25) is 5.16 Å². The molecule has 2 aromatic heterocycles. The maximum atomic E-state index is 8.99. The van der Waals surface area contributed by atoms with E-state index in [1.807, 2.05) is 16.8 Å². The monoisotopic (exact) mass is 277 g/mol. The van der Waals surface area contributed by atoms with Crippen LogP contribution in [0.2, 0.25) is 0 Å². The number of aromatic nitrogens is 5. The van der Waals surface area contributed by atoms with Crippen molar-refractivity contribution in [3.63, 3.8) is 0 Å². The summed E-state index contributed by atoms with van der Waals surface area (Å²) in [7, 11) is 0. The summed E-state index contributed by atoms with van der Waals surface area (Å²) < 4.78 is 1.92. The van der Waals surface area contributed by atoms with E-state index in [4.69, 9.17) is 5.11 Å². The summed E-state index contributed by atoms with van der Waals surface area (Å²) in [6.07, 6.45) is 6.47. The summed E-state index contributed by atoms with van der Waals surface area (Å²) in [6, 6.07) is 4.16. The molecule has 1 aliphatic carbocycles. The lowest BCUT2D eigenvalue weighted by Crippen LogP contribution is -2.08. The van der Waals surface area contributed by atoms with Crippen molar-refractivity contribution in [3.05, 3.63) is 23.9 Å². The Balaban J connectivity index is 1.77. The molecule has 0 unspecified atom stereocenters. The molecule has 0 aromatic carbocycles. The predicted molar refractivity (Wildman–Crippen MR) is 69.6 cm³/mol. The Hall–Kier alpha value is -1.47. The van der Waals surface area contributed by atoms with Crippen LogP contribution in [0, 0.1) is 0 Å². The predicted octanol–water partition coefficient (Wildman–Crippen LogP) is 1.83. The molecule has 3 rings (SSSR count). The number of nitrogens with zero attached hydrogens (tertiary/aromatic N) is 5. The van der Waals surface area contributed by atoms with E-state index >= 15 is 0 Å². The fraction of sp³-hybridized carbons (Fsp3) is 0.500. The highest BCUT2D eigenvalue weighted by Gasteiger charge is 2.22. The summed E-state index contributed by atoms with van der Waals surface area (Å²) >= 11 is 1.46. The molecule has 7 heteroatoms. The fourth-order valence-corrected chi connectivity index (χ4v) is 3.07. The maximum absolute atomic E-state index is 8.99. The molecule has 0 saturated heterocycles. The first-order valence-electron chi connectivity index (χ1n) is 6.38. The van der Waals surface area contributed by atoms with E-state index in [1.165, 1.54) is 24.6 Å². The lowest BCUT2D eigenvalue weighted by Gasteiger charge is -2.10. The van der Waals surface area contributed by atoms with Crippen molar-refractivity contribution in [3.8, 4) is 0 Å². The fourth-order valence-electron chi connectivity index (χ4n) is 2.29. The van der Waals surface area contributed by atoms with Gasteiger partial charge in [-0.15, -0.1) is 5.10 Å². The summed E-state index contributed by atoms with van der Waals surface area (Å²) in [5, 5.41) is 22.6. The first kappa shape index (κ1) is 12.6. The number of pyridine rings is 1. The third kappa shape index (κ3) is 2.76. The van der Waals surface area contributed by atoms with Gasteiger partial charge < -0.3 is 5.11 Å². The van der Waals surface area contributed by atoms with Crippen molar-refractivity contribution in [1.82, 2.24) is 25.2 Å². The number of hydrogen-bond donors (Lipinski definition) is 1. The minimum Gasteiger partial charge on any atom is -0.392 e. The molecule has 0 spiro atoms. The van der Waals surface area contributed by atoms with Crippen molar-refractivity contribution in [2.75, 3.05) is 0 Å². The standard InChI is InChI=1S/C12H15N5OS/c18-8-9-5-6-11(13-7-9)19-12-14-15-16-17(12)10-3-1-2-4-10/h5-7,10,18H,1-4,8H2. The van der Waals surface area contributed by atoms with Crippen LogP contribution in [0.5, 0.6) is 0 Å². The van der Waals surface area contributed by atoms with Crippen molar-refractivity contribution >= 4 is 11.8 Å². The van der Waals surface area contributed by atoms with Crippen LogP contribution >= 0.6 is 11.8 Å². The molecule has 0 atom stereocenters. The van der Waals surface area contributed by atoms with Gasteiger partial charge in [0, 0.05) is 6.20 Å². The second-order valence-corrected chi connectivity index (χ2v) is 5.60. The number of hydrogen-bond acceptors (Lipinski definition) is 6. The summed E-state index contributed by atoms with van der Waals surface area (Å²) in [6.45, 7) is 0.0117. The van der Waals surface area contributed by atoms with Crippen LogP contribution < -0.4 is 0 Å². The van der Waals surface area contributed by atoms with Crippen LogP contribution in [0.1, 0.15) is 37.3 Å². The highest BCUT2D eigenvalue weighted by molar-refractivity contribution is 7.99. The highest BCUT2D eigenvalue weighted by atomic mass is 32.2. The van der Waals surface area contributed by atoms with Gasteiger partial charge in [0.25, 0.3) is 0 Å². The second-order valence-electron chi connectivity index (χ2n) is 4.61. The third-order valence-corrected chi connectivity index (χ3v) is 4.21. The molecule has 0 bridgehead atoms. The lowest BCUT2D eigenvalue weighted by molar-refractivity contribution is 0.281. The summed E-state index contributed by atoms with van der Waals surface area (Å²) in [5.74, 6) is 0.